The highest BCUT2D eigenvalue weighted by atomic mass is 35.5. The Morgan fingerprint density at radius 3 is 2.27 bits per heavy atom. The van der Waals surface area contributed by atoms with Crippen LogP contribution in [0.1, 0.15) is 11.1 Å². The molecule has 3 aromatic rings. The van der Waals surface area contributed by atoms with Gasteiger partial charge in [0.2, 0.25) is 0 Å². The molecule has 0 spiro atoms. The Bertz CT molecular complexity index is 1180. The number of hydrazone groups is 1. The molecule has 0 fully saturated rings. The molecule has 3 aromatic carbocycles. The number of benzene rings is 3. The van der Waals surface area contributed by atoms with Crippen LogP contribution in [-0.4, -0.2) is 25.1 Å². The van der Waals surface area contributed by atoms with Crippen molar-refractivity contribution in [3.05, 3.63) is 86.9 Å². The van der Waals surface area contributed by atoms with Crippen molar-refractivity contribution in [2.75, 3.05) is 12.4 Å². The fourth-order valence-corrected chi connectivity index (χ4v) is 3.41. The molecule has 0 aliphatic carbocycles. The summed E-state index contributed by atoms with van der Waals surface area (Å²) in [6, 6.07) is 16.8. The number of carbonyl (C=O) groups excluding carboxylic acids is 2. The van der Waals surface area contributed by atoms with E-state index in [-0.39, 0.29) is 6.61 Å². The number of nitrogens with one attached hydrogen (secondary N) is 2. The number of halogens is 3. The molecule has 0 aromatic heterocycles. The monoisotopic (exact) mass is 505 g/mol. The van der Waals surface area contributed by atoms with Crippen LogP contribution in [0.3, 0.4) is 0 Å². The zero-order valence-electron chi connectivity index (χ0n) is 17.3. The number of hydrogen-bond donors (Lipinski definition) is 2. The highest BCUT2D eigenvalue weighted by Crippen LogP contribution is 2.33. The van der Waals surface area contributed by atoms with Crippen LogP contribution in [0.5, 0.6) is 11.5 Å². The Labute approximate surface area is 205 Å². The standard InChI is InChI=1S/C23H18Cl3N3O4/c1-32-20-11-4-6-14(21(20)33-13-15-16(24)8-5-9-17(15)25)12-27-29-23(31)22(30)28-19-10-3-2-7-18(19)26/h2-12H,13H2,1H3,(H,28,30)(H,29,31)/b27-12-. The molecule has 0 saturated heterocycles. The van der Waals surface area contributed by atoms with Crippen molar-refractivity contribution in [1.82, 2.24) is 5.43 Å². The molecule has 0 radical (unpaired) electrons. The Hall–Kier alpha value is -3.26. The topological polar surface area (TPSA) is 89.0 Å². The smallest absolute Gasteiger partial charge is 0.329 e. The van der Waals surface area contributed by atoms with Crippen molar-refractivity contribution in [3.63, 3.8) is 0 Å². The predicted octanol–water partition coefficient (Wildman–Crippen LogP) is 5.32. The van der Waals surface area contributed by atoms with E-state index >= 15 is 0 Å². The number of para-hydroxylation sites is 2. The van der Waals surface area contributed by atoms with Gasteiger partial charge in [-0.2, -0.15) is 5.10 Å². The third kappa shape index (κ3) is 6.38. The number of rotatable bonds is 7. The number of ether oxygens (including phenoxy) is 2. The van der Waals surface area contributed by atoms with Crippen molar-refractivity contribution >= 4 is 58.5 Å². The van der Waals surface area contributed by atoms with Crippen molar-refractivity contribution in [1.29, 1.82) is 0 Å². The van der Waals surface area contributed by atoms with Gasteiger partial charge < -0.3 is 14.8 Å². The van der Waals surface area contributed by atoms with Crippen molar-refractivity contribution in [2.24, 2.45) is 5.10 Å². The van der Waals surface area contributed by atoms with E-state index in [1.165, 1.54) is 13.3 Å². The fraction of sp³-hybridized carbons (Fsp3) is 0.0870. The molecule has 0 unspecified atom stereocenters. The summed E-state index contributed by atoms with van der Waals surface area (Å²) in [5, 5.41) is 7.49. The molecule has 7 nitrogen and oxygen atoms in total. The molecule has 3 rings (SSSR count). The lowest BCUT2D eigenvalue weighted by Crippen LogP contribution is -2.32. The molecule has 0 aliphatic rings. The SMILES string of the molecule is COc1cccc(/C=N\NC(=O)C(=O)Nc2ccccc2Cl)c1OCc1c(Cl)cccc1Cl. The average Bonchev–Trinajstić information content (AvgIpc) is 2.80. The fourth-order valence-electron chi connectivity index (χ4n) is 2.72. The summed E-state index contributed by atoms with van der Waals surface area (Å²) in [6.45, 7) is 0.0757. The summed E-state index contributed by atoms with van der Waals surface area (Å²) in [6.07, 6.45) is 1.33. The van der Waals surface area contributed by atoms with E-state index in [2.05, 4.69) is 15.8 Å². The lowest BCUT2D eigenvalue weighted by molar-refractivity contribution is -0.136. The normalized spacial score (nSPS) is 10.7. The first-order valence-corrected chi connectivity index (χ1v) is 10.7. The van der Waals surface area contributed by atoms with Gasteiger partial charge in [-0.3, -0.25) is 9.59 Å². The molecule has 0 aliphatic heterocycles. The van der Waals surface area contributed by atoms with E-state index in [4.69, 9.17) is 44.3 Å². The maximum absolute atomic E-state index is 12.1. The zero-order chi connectivity index (χ0) is 23.8. The first kappa shape index (κ1) is 24.4. The van der Waals surface area contributed by atoms with Gasteiger partial charge in [0, 0.05) is 21.2 Å². The lowest BCUT2D eigenvalue weighted by atomic mass is 10.2. The van der Waals surface area contributed by atoms with Crippen LogP contribution in [-0.2, 0) is 16.2 Å². The Kier molecular flexibility index (Phi) is 8.54. The second kappa shape index (κ2) is 11.6. The number of hydrogen-bond acceptors (Lipinski definition) is 5. The van der Waals surface area contributed by atoms with Gasteiger partial charge in [0.05, 0.1) is 24.0 Å². The molecule has 33 heavy (non-hydrogen) atoms. The Balaban J connectivity index is 1.70. The highest BCUT2D eigenvalue weighted by molar-refractivity contribution is 6.41. The van der Waals surface area contributed by atoms with Crippen LogP contribution in [0, 0.1) is 0 Å². The summed E-state index contributed by atoms with van der Waals surface area (Å²) in [5.41, 5.74) is 3.57. The van der Waals surface area contributed by atoms with E-state index in [1.54, 1.807) is 60.7 Å². The van der Waals surface area contributed by atoms with Gasteiger partial charge in [-0.1, -0.05) is 59.1 Å². The average molecular weight is 507 g/mol. The van der Waals surface area contributed by atoms with Gasteiger partial charge in [-0.25, -0.2) is 5.43 Å². The van der Waals surface area contributed by atoms with Gasteiger partial charge in [-0.05, 0) is 36.4 Å². The van der Waals surface area contributed by atoms with Crippen molar-refractivity contribution < 1.29 is 19.1 Å². The number of amides is 2. The second-order valence-corrected chi connectivity index (χ2v) is 7.72. The van der Waals surface area contributed by atoms with Crippen molar-refractivity contribution in [2.45, 2.75) is 6.61 Å². The van der Waals surface area contributed by atoms with E-state index in [0.29, 0.717) is 43.4 Å². The molecule has 2 amide bonds. The molecule has 2 N–H and O–H groups in total. The Morgan fingerprint density at radius 1 is 0.909 bits per heavy atom. The van der Waals surface area contributed by atoms with E-state index in [0.717, 1.165) is 0 Å². The lowest BCUT2D eigenvalue weighted by Gasteiger charge is -2.14. The highest BCUT2D eigenvalue weighted by Gasteiger charge is 2.15. The number of carbonyl (C=O) groups is 2. The van der Waals surface area contributed by atoms with Crippen LogP contribution >= 0.6 is 34.8 Å². The molecule has 10 heteroatoms. The predicted molar refractivity (Wildman–Crippen MR) is 130 cm³/mol. The first-order chi connectivity index (χ1) is 15.9. The van der Waals surface area contributed by atoms with E-state index in [9.17, 15) is 9.59 Å². The van der Waals surface area contributed by atoms with Crippen LogP contribution < -0.4 is 20.2 Å². The van der Waals surface area contributed by atoms with Gasteiger partial charge in [0.1, 0.15) is 6.61 Å². The third-order valence-electron chi connectivity index (χ3n) is 4.35. The van der Waals surface area contributed by atoms with Crippen LogP contribution in [0.15, 0.2) is 65.8 Å². The maximum Gasteiger partial charge on any atom is 0.329 e. The molecule has 0 heterocycles. The summed E-state index contributed by atoms with van der Waals surface area (Å²) >= 11 is 18.4. The molecule has 0 atom stereocenters. The van der Waals surface area contributed by atoms with E-state index < -0.39 is 11.8 Å². The second-order valence-electron chi connectivity index (χ2n) is 6.50. The van der Waals surface area contributed by atoms with Crippen molar-refractivity contribution in [3.8, 4) is 11.5 Å². The Morgan fingerprint density at radius 2 is 1.58 bits per heavy atom. The summed E-state index contributed by atoms with van der Waals surface area (Å²) in [5.74, 6) is -1.10. The summed E-state index contributed by atoms with van der Waals surface area (Å²) in [7, 11) is 1.49. The number of methoxy groups -OCH3 is 1. The number of nitrogens with zero attached hydrogens (tertiary/aromatic N) is 1. The third-order valence-corrected chi connectivity index (χ3v) is 5.39. The first-order valence-electron chi connectivity index (χ1n) is 9.52. The maximum atomic E-state index is 12.1. The van der Waals surface area contributed by atoms with Gasteiger partial charge in [0.15, 0.2) is 11.5 Å². The largest absolute Gasteiger partial charge is 0.493 e. The van der Waals surface area contributed by atoms with Gasteiger partial charge in [-0.15, -0.1) is 0 Å². The molecular weight excluding hydrogens is 489 g/mol. The minimum absolute atomic E-state index is 0.0757. The number of anilines is 1. The molecule has 0 bridgehead atoms. The van der Waals surface area contributed by atoms with E-state index in [1.807, 2.05) is 0 Å². The summed E-state index contributed by atoms with van der Waals surface area (Å²) in [4.78, 5) is 24.1. The van der Waals surface area contributed by atoms with Crippen LogP contribution in [0.25, 0.3) is 0 Å². The van der Waals surface area contributed by atoms with Crippen LogP contribution in [0.2, 0.25) is 15.1 Å². The van der Waals surface area contributed by atoms with Gasteiger partial charge in [0.25, 0.3) is 0 Å². The van der Waals surface area contributed by atoms with Gasteiger partial charge >= 0.3 is 11.8 Å². The minimum atomic E-state index is -0.973. The summed E-state index contributed by atoms with van der Waals surface area (Å²) < 4.78 is 11.3. The minimum Gasteiger partial charge on any atom is -0.493 e. The van der Waals surface area contributed by atoms with Crippen LogP contribution in [0.4, 0.5) is 5.69 Å². The molecule has 0 saturated carbocycles. The quantitative estimate of drug-likeness (QED) is 0.258. The molecular formula is C23H18Cl3N3O4. The zero-order valence-corrected chi connectivity index (χ0v) is 19.5. The molecule has 170 valence electrons.